The van der Waals surface area contributed by atoms with Crippen molar-refractivity contribution >= 4 is 29.2 Å². The van der Waals surface area contributed by atoms with Crippen LogP contribution in [0.3, 0.4) is 0 Å². The summed E-state index contributed by atoms with van der Waals surface area (Å²) < 4.78 is 10.1. The van der Waals surface area contributed by atoms with Crippen molar-refractivity contribution in [2.75, 3.05) is 24.4 Å². The molecule has 3 aromatic rings. The van der Waals surface area contributed by atoms with Gasteiger partial charge in [-0.25, -0.2) is 9.78 Å². The van der Waals surface area contributed by atoms with Crippen molar-refractivity contribution in [3.05, 3.63) is 84.2 Å². The first-order chi connectivity index (χ1) is 14.6. The molecule has 2 N–H and O–H groups in total. The van der Waals surface area contributed by atoms with E-state index in [1.54, 1.807) is 60.7 Å². The normalized spacial score (nSPS) is 10.0. The van der Waals surface area contributed by atoms with Crippen LogP contribution in [0.25, 0.3) is 0 Å². The highest BCUT2D eigenvalue weighted by Crippen LogP contribution is 2.23. The molecule has 0 saturated heterocycles. The zero-order valence-corrected chi connectivity index (χ0v) is 16.1. The number of hydrogen-bond donors (Lipinski definition) is 2. The number of nitrogens with zero attached hydrogens (tertiary/aromatic N) is 1. The van der Waals surface area contributed by atoms with Crippen molar-refractivity contribution in [3.8, 4) is 5.75 Å². The molecule has 1 heterocycles. The molecule has 0 unspecified atom stereocenters. The molecule has 2 amide bonds. The quantitative estimate of drug-likeness (QED) is 0.585. The molecule has 30 heavy (non-hydrogen) atoms. The molecule has 0 aliphatic heterocycles. The van der Waals surface area contributed by atoms with Crippen molar-refractivity contribution in [2.24, 2.45) is 0 Å². The number of carbonyl (C=O) groups excluding carboxylic acids is 3. The molecule has 0 spiro atoms. The molecule has 0 bridgehead atoms. The second-order valence-electron chi connectivity index (χ2n) is 6.07. The predicted molar refractivity (Wildman–Crippen MR) is 111 cm³/mol. The Kier molecular flexibility index (Phi) is 6.73. The lowest BCUT2D eigenvalue weighted by atomic mass is 10.2. The average Bonchev–Trinajstić information content (AvgIpc) is 2.79. The number of nitrogens with one attached hydrogen (secondary N) is 2. The van der Waals surface area contributed by atoms with Crippen LogP contribution in [-0.2, 0) is 9.53 Å². The molecule has 0 atom stereocenters. The Bertz CT molecular complexity index is 1040. The Morgan fingerprint density at radius 2 is 1.63 bits per heavy atom. The van der Waals surface area contributed by atoms with Crippen LogP contribution in [0.15, 0.2) is 72.9 Å². The van der Waals surface area contributed by atoms with Crippen LogP contribution in [0.5, 0.6) is 5.75 Å². The first kappa shape index (κ1) is 20.5. The van der Waals surface area contributed by atoms with Gasteiger partial charge in [0.15, 0.2) is 6.61 Å². The van der Waals surface area contributed by atoms with E-state index in [2.05, 4.69) is 15.6 Å². The zero-order chi connectivity index (χ0) is 21.3. The number of ether oxygens (including phenoxy) is 2. The average molecular weight is 405 g/mol. The van der Waals surface area contributed by atoms with Gasteiger partial charge in [0.2, 0.25) is 0 Å². The summed E-state index contributed by atoms with van der Waals surface area (Å²) in [6, 6.07) is 18.2. The largest absolute Gasteiger partial charge is 0.495 e. The summed E-state index contributed by atoms with van der Waals surface area (Å²) in [6.07, 6.45) is 1.46. The van der Waals surface area contributed by atoms with E-state index in [0.29, 0.717) is 22.7 Å². The van der Waals surface area contributed by atoms with Gasteiger partial charge in [-0.05, 0) is 48.5 Å². The lowest BCUT2D eigenvalue weighted by Crippen LogP contribution is -2.21. The number of amides is 2. The summed E-state index contributed by atoms with van der Waals surface area (Å²) in [5.74, 6) is -0.962. The maximum Gasteiger partial charge on any atom is 0.357 e. The zero-order valence-electron chi connectivity index (χ0n) is 16.1. The van der Waals surface area contributed by atoms with Crippen molar-refractivity contribution in [3.63, 3.8) is 0 Å². The minimum absolute atomic E-state index is 0.121. The molecule has 0 fully saturated rings. The van der Waals surface area contributed by atoms with Crippen LogP contribution in [-0.4, -0.2) is 36.5 Å². The Labute approximate surface area is 172 Å². The Morgan fingerprint density at radius 3 is 2.33 bits per heavy atom. The van der Waals surface area contributed by atoms with E-state index in [1.807, 2.05) is 0 Å². The Morgan fingerprint density at radius 1 is 0.900 bits per heavy atom. The standard InChI is InChI=1S/C22H19N3O5/c1-29-19-8-3-2-6-17(19)25-21(27)15-9-11-16(12-10-15)24-20(26)14-30-22(28)18-7-4-5-13-23-18/h2-13H,14H2,1H3,(H,24,26)(H,25,27). The molecule has 8 heteroatoms. The topological polar surface area (TPSA) is 107 Å². The number of methoxy groups -OCH3 is 1. The number of pyridine rings is 1. The number of esters is 1. The molecular weight excluding hydrogens is 386 g/mol. The maximum atomic E-state index is 12.4. The third-order valence-corrected chi connectivity index (χ3v) is 3.99. The summed E-state index contributed by atoms with van der Waals surface area (Å²) in [5.41, 5.74) is 1.54. The number of aromatic nitrogens is 1. The summed E-state index contributed by atoms with van der Waals surface area (Å²) in [4.78, 5) is 40.0. The number of hydrogen-bond acceptors (Lipinski definition) is 6. The molecule has 0 radical (unpaired) electrons. The van der Waals surface area contributed by atoms with Gasteiger partial charge >= 0.3 is 5.97 Å². The van der Waals surface area contributed by atoms with Gasteiger partial charge in [-0.3, -0.25) is 9.59 Å². The Hall–Kier alpha value is -4.20. The molecular formula is C22H19N3O5. The van der Waals surface area contributed by atoms with Crippen LogP contribution >= 0.6 is 0 Å². The van der Waals surface area contributed by atoms with E-state index in [1.165, 1.54) is 19.4 Å². The summed E-state index contributed by atoms with van der Waals surface area (Å²) in [7, 11) is 1.52. The van der Waals surface area contributed by atoms with E-state index >= 15 is 0 Å². The number of para-hydroxylation sites is 2. The molecule has 0 aliphatic rings. The predicted octanol–water partition coefficient (Wildman–Crippen LogP) is 3.14. The van der Waals surface area contributed by atoms with Gasteiger partial charge in [0.1, 0.15) is 11.4 Å². The van der Waals surface area contributed by atoms with Gasteiger partial charge < -0.3 is 20.1 Å². The lowest BCUT2D eigenvalue weighted by Gasteiger charge is -2.10. The van der Waals surface area contributed by atoms with Crippen molar-refractivity contribution < 1.29 is 23.9 Å². The monoisotopic (exact) mass is 405 g/mol. The van der Waals surface area contributed by atoms with Crippen LogP contribution in [0, 0.1) is 0 Å². The van der Waals surface area contributed by atoms with Crippen LogP contribution in [0.2, 0.25) is 0 Å². The number of carbonyl (C=O) groups is 3. The van der Waals surface area contributed by atoms with E-state index in [9.17, 15) is 14.4 Å². The number of rotatable bonds is 7. The molecule has 2 aromatic carbocycles. The van der Waals surface area contributed by atoms with Gasteiger partial charge in [0, 0.05) is 17.4 Å². The minimum atomic E-state index is -0.686. The van der Waals surface area contributed by atoms with Crippen LogP contribution in [0.1, 0.15) is 20.8 Å². The second-order valence-corrected chi connectivity index (χ2v) is 6.07. The van der Waals surface area contributed by atoms with Crippen LogP contribution < -0.4 is 15.4 Å². The minimum Gasteiger partial charge on any atom is -0.495 e. The lowest BCUT2D eigenvalue weighted by molar-refractivity contribution is -0.119. The number of benzene rings is 2. The fourth-order valence-corrected chi connectivity index (χ4v) is 2.53. The van der Waals surface area contributed by atoms with Gasteiger partial charge in [-0.15, -0.1) is 0 Å². The summed E-state index contributed by atoms with van der Waals surface area (Å²) in [6.45, 7) is -0.453. The highest BCUT2D eigenvalue weighted by molar-refractivity contribution is 6.05. The highest BCUT2D eigenvalue weighted by Gasteiger charge is 2.12. The fraction of sp³-hybridized carbons (Fsp3) is 0.0909. The first-order valence-corrected chi connectivity index (χ1v) is 8.99. The molecule has 0 saturated carbocycles. The highest BCUT2D eigenvalue weighted by atomic mass is 16.5. The SMILES string of the molecule is COc1ccccc1NC(=O)c1ccc(NC(=O)COC(=O)c2ccccn2)cc1. The molecule has 1 aromatic heterocycles. The number of anilines is 2. The first-order valence-electron chi connectivity index (χ1n) is 8.99. The molecule has 3 rings (SSSR count). The van der Waals surface area contributed by atoms with Gasteiger partial charge in [0.25, 0.3) is 11.8 Å². The maximum absolute atomic E-state index is 12.4. The van der Waals surface area contributed by atoms with E-state index in [0.717, 1.165) is 0 Å². The summed E-state index contributed by atoms with van der Waals surface area (Å²) >= 11 is 0. The van der Waals surface area contributed by atoms with Gasteiger partial charge in [-0.1, -0.05) is 18.2 Å². The van der Waals surface area contributed by atoms with E-state index < -0.39 is 18.5 Å². The van der Waals surface area contributed by atoms with E-state index in [-0.39, 0.29) is 11.6 Å². The van der Waals surface area contributed by atoms with Gasteiger partial charge in [0.05, 0.1) is 12.8 Å². The van der Waals surface area contributed by atoms with Gasteiger partial charge in [-0.2, -0.15) is 0 Å². The third-order valence-electron chi connectivity index (χ3n) is 3.99. The molecule has 8 nitrogen and oxygen atoms in total. The molecule has 0 aliphatic carbocycles. The van der Waals surface area contributed by atoms with E-state index in [4.69, 9.17) is 9.47 Å². The van der Waals surface area contributed by atoms with Crippen molar-refractivity contribution in [1.29, 1.82) is 0 Å². The third kappa shape index (κ3) is 5.41. The van der Waals surface area contributed by atoms with Crippen molar-refractivity contribution in [2.45, 2.75) is 0 Å². The smallest absolute Gasteiger partial charge is 0.357 e. The Balaban J connectivity index is 1.53. The fourth-order valence-electron chi connectivity index (χ4n) is 2.53. The second kappa shape index (κ2) is 9.83. The summed E-state index contributed by atoms with van der Waals surface area (Å²) in [5, 5.41) is 5.37. The van der Waals surface area contributed by atoms with Crippen molar-refractivity contribution in [1.82, 2.24) is 4.98 Å². The molecule has 152 valence electrons. The van der Waals surface area contributed by atoms with Crippen LogP contribution in [0.4, 0.5) is 11.4 Å².